The van der Waals surface area contributed by atoms with Crippen molar-refractivity contribution < 1.29 is 12.8 Å². The summed E-state index contributed by atoms with van der Waals surface area (Å²) in [5, 5.41) is 0.142. The first-order valence-corrected chi connectivity index (χ1v) is 7.63. The fourth-order valence-corrected chi connectivity index (χ4v) is 3.16. The van der Waals surface area contributed by atoms with Crippen LogP contribution in [-0.2, 0) is 10.0 Å². The van der Waals surface area contributed by atoms with Gasteiger partial charge in [0.25, 0.3) is 0 Å². The predicted molar refractivity (Wildman–Crippen MR) is 74.4 cm³/mol. The smallest absolute Gasteiger partial charge is 0.244 e. The van der Waals surface area contributed by atoms with E-state index in [0.717, 1.165) is 17.7 Å². The van der Waals surface area contributed by atoms with E-state index in [1.165, 1.54) is 6.07 Å². The van der Waals surface area contributed by atoms with Crippen LogP contribution in [0.1, 0.15) is 18.5 Å². The molecular formula is C13H12ClFN2O2S. The van der Waals surface area contributed by atoms with Gasteiger partial charge in [-0.2, -0.15) is 0 Å². The Kier molecular flexibility index (Phi) is 4.37. The predicted octanol–water partition coefficient (Wildman–Crippen LogP) is 2.91. The lowest BCUT2D eigenvalue weighted by Crippen LogP contribution is -2.27. The SMILES string of the molecule is CC(NS(=O)(=O)c1ccc(Cl)cc1F)c1ccncc1. The molecule has 2 rings (SSSR count). The number of nitrogens with one attached hydrogen (secondary N) is 1. The van der Waals surface area contributed by atoms with Crippen LogP contribution in [0.5, 0.6) is 0 Å². The molecule has 0 radical (unpaired) electrons. The van der Waals surface area contributed by atoms with Crippen LogP contribution < -0.4 is 4.72 Å². The molecule has 20 heavy (non-hydrogen) atoms. The molecule has 0 saturated carbocycles. The number of halogens is 2. The highest BCUT2D eigenvalue weighted by Crippen LogP contribution is 2.21. The lowest BCUT2D eigenvalue weighted by Gasteiger charge is -2.14. The molecular weight excluding hydrogens is 303 g/mol. The number of hydrogen-bond acceptors (Lipinski definition) is 3. The number of rotatable bonds is 4. The second kappa shape index (κ2) is 5.87. The van der Waals surface area contributed by atoms with Crippen molar-refractivity contribution in [3.63, 3.8) is 0 Å². The Balaban J connectivity index is 2.28. The molecule has 0 amide bonds. The molecule has 4 nitrogen and oxygen atoms in total. The number of benzene rings is 1. The van der Waals surface area contributed by atoms with Gasteiger partial charge in [-0.3, -0.25) is 4.98 Å². The number of hydrogen-bond donors (Lipinski definition) is 1. The van der Waals surface area contributed by atoms with Crippen molar-refractivity contribution in [1.82, 2.24) is 9.71 Å². The summed E-state index contributed by atoms with van der Waals surface area (Å²) in [6.07, 6.45) is 3.12. The zero-order valence-electron chi connectivity index (χ0n) is 10.5. The van der Waals surface area contributed by atoms with E-state index in [1.807, 2.05) is 0 Å². The van der Waals surface area contributed by atoms with Crippen LogP contribution >= 0.6 is 11.6 Å². The normalized spacial score (nSPS) is 13.2. The van der Waals surface area contributed by atoms with Crippen molar-refractivity contribution in [2.75, 3.05) is 0 Å². The molecule has 106 valence electrons. The average Bonchev–Trinajstić information content (AvgIpc) is 2.38. The molecule has 1 N–H and O–H groups in total. The Morgan fingerprint density at radius 2 is 1.90 bits per heavy atom. The standard InChI is InChI=1S/C13H12ClFN2O2S/c1-9(10-4-6-16-7-5-10)17-20(18,19)13-3-2-11(14)8-12(13)15/h2-9,17H,1H3. The van der Waals surface area contributed by atoms with Gasteiger partial charge in [-0.15, -0.1) is 0 Å². The maximum atomic E-state index is 13.7. The second-order valence-electron chi connectivity index (χ2n) is 4.20. The number of pyridine rings is 1. The third-order valence-corrected chi connectivity index (χ3v) is 4.53. The lowest BCUT2D eigenvalue weighted by atomic mass is 10.1. The van der Waals surface area contributed by atoms with Crippen LogP contribution in [0.4, 0.5) is 4.39 Å². The summed E-state index contributed by atoms with van der Waals surface area (Å²) in [6, 6.07) is 6.30. The van der Waals surface area contributed by atoms with Gasteiger partial charge in [-0.25, -0.2) is 17.5 Å². The van der Waals surface area contributed by atoms with Crippen molar-refractivity contribution >= 4 is 21.6 Å². The van der Waals surface area contributed by atoms with E-state index in [-0.39, 0.29) is 5.02 Å². The molecule has 0 aliphatic carbocycles. The molecule has 0 aliphatic heterocycles. The first kappa shape index (κ1) is 14.9. The number of aromatic nitrogens is 1. The van der Waals surface area contributed by atoms with Crippen LogP contribution in [0.25, 0.3) is 0 Å². The van der Waals surface area contributed by atoms with Crippen molar-refractivity contribution in [1.29, 1.82) is 0 Å². The highest BCUT2D eigenvalue weighted by Gasteiger charge is 2.22. The number of sulfonamides is 1. The summed E-state index contributed by atoms with van der Waals surface area (Å²) < 4.78 is 40.4. The Bertz CT molecular complexity index is 708. The van der Waals surface area contributed by atoms with E-state index in [2.05, 4.69) is 9.71 Å². The highest BCUT2D eigenvalue weighted by molar-refractivity contribution is 7.89. The Hall–Kier alpha value is -1.50. The van der Waals surface area contributed by atoms with Crippen molar-refractivity contribution in [2.45, 2.75) is 17.9 Å². The van der Waals surface area contributed by atoms with E-state index < -0.39 is 26.8 Å². The first-order valence-electron chi connectivity index (χ1n) is 5.77. The summed E-state index contributed by atoms with van der Waals surface area (Å²) in [7, 11) is -3.96. The van der Waals surface area contributed by atoms with Gasteiger partial charge in [0.05, 0.1) is 0 Å². The Morgan fingerprint density at radius 1 is 1.25 bits per heavy atom. The summed E-state index contributed by atoms with van der Waals surface area (Å²) in [4.78, 5) is 3.43. The van der Waals surface area contributed by atoms with Crippen LogP contribution in [-0.4, -0.2) is 13.4 Å². The molecule has 7 heteroatoms. The van der Waals surface area contributed by atoms with Gasteiger partial charge in [0, 0.05) is 23.5 Å². The third kappa shape index (κ3) is 3.33. The molecule has 1 aromatic heterocycles. The topological polar surface area (TPSA) is 59.1 Å². The van der Waals surface area contributed by atoms with Crippen LogP contribution in [0.3, 0.4) is 0 Å². The molecule has 0 aliphatic rings. The monoisotopic (exact) mass is 314 g/mol. The second-order valence-corrected chi connectivity index (χ2v) is 6.32. The quantitative estimate of drug-likeness (QED) is 0.944. The van der Waals surface area contributed by atoms with Gasteiger partial charge in [0.1, 0.15) is 10.7 Å². The van der Waals surface area contributed by atoms with Crippen LogP contribution in [0.2, 0.25) is 5.02 Å². The van der Waals surface area contributed by atoms with Crippen LogP contribution in [0, 0.1) is 5.82 Å². The van der Waals surface area contributed by atoms with Gasteiger partial charge in [-0.05, 0) is 42.8 Å². The molecule has 2 aromatic rings. The molecule has 1 aromatic carbocycles. The van der Waals surface area contributed by atoms with Crippen LogP contribution in [0.15, 0.2) is 47.6 Å². The van der Waals surface area contributed by atoms with Gasteiger partial charge in [-0.1, -0.05) is 11.6 Å². The minimum absolute atomic E-state index is 0.142. The fourth-order valence-electron chi connectivity index (χ4n) is 1.71. The van der Waals surface area contributed by atoms with E-state index >= 15 is 0 Å². The van der Waals surface area contributed by atoms with Gasteiger partial charge >= 0.3 is 0 Å². The van der Waals surface area contributed by atoms with E-state index in [0.29, 0.717) is 0 Å². The van der Waals surface area contributed by atoms with Gasteiger partial charge in [0.15, 0.2) is 0 Å². The zero-order chi connectivity index (χ0) is 14.8. The molecule has 1 unspecified atom stereocenters. The first-order chi connectivity index (χ1) is 9.40. The van der Waals surface area contributed by atoms with Crippen molar-refractivity contribution in [2.24, 2.45) is 0 Å². The van der Waals surface area contributed by atoms with Crippen molar-refractivity contribution in [3.8, 4) is 0 Å². The largest absolute Gasteiger partial charge is 0.265 e. The number of nitrogens with zero attached hydrogens (tertiary/aromatic N) is 1. The maximum Gasteiger partial charge on any atom is 0.244 e. The summed E-state index contributed by atoms with van der Waals surface area (Å²) in [5.74, 6) is -0.882. The van der Waals surface area contributed by atoms with E-state index in [4.69, 9.17) is 11.6 Å². The average molecular weight is 315 g/mol. The molecule has 1 heterocycles. The zero-order valence-corrected chi connectivity index (χ0v) is 12.1. The van der Waals surface area contributed by atoms with E-state index in [1.54, 1.807) is 31.5 Å². The summed E-state index contributed by atoms with van der Waals surface area (Å²) in [6.45, 7) is 1.67. The summed E-state index contributed by atoms with van der Waals surface area (Å²) in [5.41, 5.74) is 0.734. The molecule has 0 fully saturated rings. The minimum atomic E-state index is -3.96. The van der Waals surface area contributed by atoms with E-state index in [9.17, 15) is 12.8 Å². The molecule has 1 atom stereocenters. The Labute approximate surface area is 121 Å². The third-order valence-electron chi connectivity index (χ3n) is 2.72. The van der Waals surface area contributed by atoms with Crippen molar-refractivity contribution in [3.05, 3.63) is 59.1 Å². The molecule has 0 spiro atoms. The lowest BCUT2D eigenvalue weighted by molar-refractivity contribution is 0.547. The minimum Gasteiger partial charge on any atom is -0.265 e. The molecule has 0 bridgehead atoms. The highest BCUT2D eigenvalue weighted by atomic mass is 35.5. The molecule has 0 saturated heterocycles. The fraction of sp³-hybridized carbons (Fsp3) is 0.154. The Morgan fingerprint density at radius 3 is 2.50 bits per heavy atom. The maximum absolute atomic E-state index is 13.7. The van der Waals surface area contributed by atoms with Gasteiger partial charge in [0.2, 0.25) is 10.0 Å². The summed E-state index contributed by atoms with van der Waals surface area (Å²) >= 11 is 5.61. The van der Waals surface area contributed by atoms with Gasteiger partial charge < -0.3 is 0 Å².